The third kappa shape index (κ3) is 6.03. The lowest BCUT2D eigenvalue weighted by Crippen LogP contribution is -2.30. The van der Waals surface area contributed by atoms with Crippen molar-refractivity contribution in [1.29, 1.82) is 0 Å². The Morgan fingerprint density at radius 2 is 1.97 bits per heavy atom. The highest BCUT2D eigenvalue weighted by atomic mass is 32.1. The van der Waals surface area contributed by atoms with Crippen LogP contribution >= 0.6 is 11.3 Å². The lowest BCUT2D eigenvalue weighted by molar-refractivity contribution is -0.153. The Labute approximate surface area is 181 Å². The lowest BCUT2D eigenvalue weighted by Gasteiger charge is -2.20. The molecular formula is C22H30N2O5S. The van der Waals surface area contributed by atoms with Crippen molar-refractivity contribution in [3.05, 3.63) is 44.9 Å². The van der Waals surface area contributed by atoms with Crippen LogP contribution in [-0.4, -0.2) is 41.3 Å². The van der Waals surface area contributed by atoms with Gasteiger partial charge in [-0.3, -0.25) is 4.79 Å². The number of rotatable bonds is 10. The fraction of sp³-hybridized carbons (Fsp3) is 0.500. The third-order valence-corrected chi connectivity index (χ3v) is 5.71. The molecule has 0 bridgehead atoms. The molecule has 0 saturated heterocycles. The van der Waals surface area contributed by atoms with Crippen LogP contribution in [0, 0.1) is 6.92 Å². The van der Waals surface area contributed by atoms with Gasteiger partial charge in [0, 0.05) is 16.9 Å². The lowest BCUT2D eigenvalue weighted by atomic mass is 10.00. The quantitative estimate of drug-likeness (QED) is 0.588. The second-order valence-corrected chi connectivity index (χ2v) is 8.64. The van der Waals surface area contributed by atoms with Crippen molar-refractivity contribution in [2.45, 2.75) is 65.7 Å². The number of aliphatic carboxylic acids is 1. The maximum atomic E-state index is 12.7. The molecule has 2 aromatic rings. The average molecular weight is 435 g/mol. The summed E-state index contributed by atoms with van der Waals surface area (Å²) in [5, 5.41) is 13.3. The van der Waals surface area contributed by atoms with Crippen LogP contribution in [0.25, 0.3) is 0 Å². The molecule has 0 radical (unpaired) electrons. The van der Waals surface area contributed by atoms with E-state index in [-0.39, 0.29) is 24.5 Å². The molecule has 0 fully saturated rings. The Balaban J connectivity index is 2.23. The van der Waals surface area contributed by atoms with E-state index in [1.807, 2.05) is 32.9 Å². The highest BCUT2D eigenvalue weighted by molar-refractivity contribution is 7.11. The zero-order valence-corrected chi connectivity index (χ0v) is 19.1. The fourth-order valence-electron chi connectivity index (χ4n) is 3.14. The maximum Gasteiger partial charge on any atom is 0.333 e. The molecule has 0 aliphatic rings. The molecule has 1 heterocycles. The molecule has 8 heteroatoms. The first kappa shape index (κ1) is 23.8. The van der Waals surface area contributed by atoms with Gasteiger partial charge in [0.15, 0.2) is 6.10 Å². The predicted octanol–water partition coefficient (Wildman–Crippen LogP) is 3.93. The van der Waals surface area contributed by atoms with Crippen LogP contribution in [0.2, 0.25) is 0 Å². The summed E-state index contributed by atoms with van der Waals surface area (Å²) in [6, 6.07) is 5.10. The third-order valence-electron chi connectivity index (χ3n) is 4.60. The summed E-state index contributed by atoms with van der Waals surface area (Å²) in [5.74, 6) is -0.629. The number of benzene rings is 1. The number of hydrogen-bond donors (Lipinski definition) is 2. The van der Waals surface area contributed by atoms with Crippen LogP contribution in [0.3, 0.4) is 0 Å². The minimum absolute atomic E-state index is 0.198. The number of aromatic nitrogens is 1. The van der Waals surface area contributed by atoms with Gasteiger partial charge in [0.1, 0.15) is 11.4 Å². The highest BCUT2D eigenvalue weighted by Gasteiger charge is 2.23. The van der Waals surface area contributed by atoms with E-state index >= 15 is 0 Å². The normalized spacial score (nSPS) is 13.2. The van der Waals surface area contributed by atoms with Crippen molar-refractivity contribution in [3.8, 4) is 5.75 Å². The van der Waals surface area contributed by atoms with E-state index in [0.717, 1.165) is 27.4 Å². The van der Waals surface area contributed by atoms with Crippen LogP contribution < -0.4 is 10.1 Å². The van der Waals surface area contributed by atoms with Crippen LogP contribution in [0.1, 0.15) is 65.2 Å². The van der Waals surface area contributed by atoms with Crippen molar-refractivity contribution in [2.24, 2.45) is 0 Å². The zero-order chi connectivity index (χ0) is 22.4. The Kier molecular flexibility index (Phi) is 8.37. The van der Waals surface area contributed by atoms with Crippen molar-refractivity contribution in [3.63, 3.8) is 0 Å². The van der Waals surface area contributed by atoms with Crippen LogP contribution in [0.5, 0.6) is 5.75 Å². The van der Waals surface area contributed by atoms with Gasteiger partial charge in [0.25, 0.3) is 5.91 Å². The van der Waals surface area contributed by atoms with Crippen molar-refractivity contribution in [1.82, 2.24) is 10.3 Å². The van der Waals surface area contributed by atoms with Gasteiger partial charge in [-0.15, -0.1) is 11.3 Å². The molecule has 1 aromatic carbocycles. The number of carbonyl (C=O) groups excluding carboxylic acids is 1. The minimum Gasteiger partial charge on any atom is -0.496 e. The summed E-state index contributed by atoms with van der Waals surface area (Å²) in [6.45, 7) is 9.36. The van der Waals surface area contributed by atoms with E-state index in [1.54, 1.807) is 27.0 Å². The van der Waals surface area contributed by atoms with Gasteiger partial charge >= 0.3 is 5.97 Å². The highest BCUT2D eigenvalue weighted by Crippen LogP contribution is 2.28. The summed E-state index contributed by atoms with van der Waals surface area (Å²) in [5.41, 5.74) is 1.99. The van der Waals surface area contributed by atoms with Crippen LogP contribution in [-0.2, 0) is 22.4 Å². The SMILES string of the molecule is CCc1nc(C(=O)NC(C)c2cc(CC(OC(C)C)C(=O)O)ccc2OC)c(C)s1. The number of hydrogen-bond acceptors (Lipinski definition) is 6. The number of nitrogens with zero attached hydrogens (tertiary/aromatic N) is 1. The largest absolute Gasteiger partial charge is 0.496 e. The molecule has 2 unspecified atom stereocenters. The predicted molar refractivity (Wildman–Crippen MR) is 116 cm³/mol. The first-order valence-corrected chi connectivity index (χ1v) is 10.8. The maximum absolute atomic E-state index is 12.7. The number of carboxylic acid groups (broad SMARTS) is 1. The van der Waals surface area contributed by atoms with Crippen molar-refractivity contribution in [2.75, 3.05) is 7.11 Å². The van der Waals surface area contributed by atoms with E-state index in [4.69, 9.17) is 9.47 Å². The molecule has 1 amide bonds. The second-order valence-electron chi connectivity index (χ2n) is 7.35. The Hall–Kier alpha value is -2.45. The molecule has 0 saturated carbocycles. The summed E-state index contributed by atoms with van der Waals surface area (Å²) in [7, 11) is 1.56. The monoisotopic (exact) mass is 434 g/mol. The average Bonchev–Trinajstić information content (AvgIpc) is 3.07. The molecule has 0 aliphatic carbocycles. The Bertz CT molecular complexity index is 894. The molecular weight excluding hydrogens is 404 g/mol. The van der Waals surface area contributed by atoms with E-state index in [0.29, 0.717) is 11.4 Å². The number of methoxy groups -OCH3 is 1. The van der Waals surface area contributed by atoms with Crippen molar-refractivity contribution < 1.29 is 24.2 Å². The summed E-state index contributed by atoms with van der Waals surface area (Å²) in [6.07, 6.45) is -0.137. The minimum atomic E-state index is -1.01. The first-order valence-electron chi connectivity index (χ1n) is 9.98. The standard InChI is InChI=1S/C22H30N2O5S/c1-7-19-24-20(14(5)30-19)21(25)23-13(4)16-10-15(8-9-17(16)28-6)11-18(22(26)27)29-12(2)3/h8-10,12-13,18H,7,11H2,1-6H3,(H,23,25)(H,26,27). The molecule has 1 aromatic heterocycles. The van der Waals surface area contributed by atoms with E-state index in [2.05, 4.69) is 10.3 Å². The summed E-state index contributed by atoms with van der Waals surface area (Å²) < 4.78 is 11.0. The fourth-order valence-corrected chi connectivity index (χ4v) is 4.01. The number of nitrogens with one attached hydrogen (secondary N) is 1. The van der Waals surface area contributed by atoms with Gasteiger partial charge in [0.2, 0.25) is 0 Å². The smallest absolute Gasteiger partial charge is 0.333 e. The van der Waals surface area contributed by atoms with Crippen molar-refractivity contribution >= 4 is 23.2 Å². The van der Waals surface area contributed by atoms with E-state index in [1.165, 1.54) is 11.3 Å². The number of ether oxygens (including phenoxy) is 2. The van der Waals surface area contributed by atoms with Gasteiger partial charge in [0.05, 0.1) is 24.3 Å². The summed E-state index contributed by atoms with van der Waals surface area (Å²) in [4.78, 5) is 29.6. The molecule has 0 spiro atoms. The summed E-state index contributed by atoms with van der Waals surface area (Å²) >= 11 is 1.52. The van der Waals surface area contributed by atoms with Gasteiger partial charge in [-0.25, -0.2) is 9.78 Å². The number of thiazole rings is 1. The number of carboxylic acids is 1. The van der Waals surface area contributed by atoms with E-state index < -0.39 is 12.1 Å². The molecule has 30 heavy (non-hydrogen) atoms. The van der Waals surface area contributed by atoms with Gasteiger partial charge < -0.3 is 19.9 Å². The Morgan fingerprint density at radius 3 is 2.50 bits per heavy atom. The van der Waals surface area contributed by atoms with E-state index in [9.17, 15) is 14.7 Å². The molecule has 164 valence electrons. The number of amides is 1. The number of aryl methyl sites for hydroxylation is 2. The second kappa shape index (κ2) is 10.5. The van der Waals surface area contributed by atoms with Crippen LogP contribution in [0.4, 0.5) is 0 Å². The molecule has 2 atom stereocenters. The van der Waals surface area contributed by atoms with Crippen LogP contribution in [0.15, 0.2) is 18.2 Å². The molecule has 0 aliphatic heterocycles. The molecule has 7 nitrogen and oxygen atoms in total. The number of carbonyl (C=O) groups is 2. The topological polar surface area (TPSA) is 97.8 Å². The van der Waals surface area contributed by atoms with Gasteiger partial charge in [-0.2, -0.15) is 0 Å². The Morgan fingerprint density at radius 1 is 1.27 bits per heavy atom. The molecule has 2 N–H and O–H groups in total. The van der Waals surface area contributed by atoms with Gasteiger partial charge in [-0.05, 0) is 51.8 Å². The van der Waals surface area contributed by atoms with Gasteiger partial charge in [-0.1, -0.05) is 13.0 Å². The zero-order valence-electron chi connectivity index (χ0n) is 18.3. The molecule has 2 rings (SSSR count). The first-order chi connectivity index (χ1) is 14.2.